The van der Waals surface area contributed by atoms with Gasteiger partial charge in [-0.15, -0.1) is 0 Å². The van der Waals surface area contributed by atoms with Crippen molar-refractivity contribution < 1.29 is 0 Å². The smallest absolute Gasteiger partial charge is 0.165 e. The summed E-state index contributed by atoms with van der Waals surface area (Å²) < 4.78 is 2.83. The van der Waals surface area contributed by atoms with Gasteiger partial charge in [0.2, 0.25) is 0 Å². The molecule has 0 bridgehead atoms. The van der Waals surface area contributed by atoms with Gasteiger partial charge < -0.3 is 15.5 Å². The van der Waals surface area contributed by atoms with Crippen LogP contribution in [0.4, 0.5) is 11.5 Å². The SMILES string of the molecule is Cc1nc2c(-c3cccc(N4CCN(C)CC4)c3)cnn2c(N)c1Cc1cccc(Br)c1. The van der Waals surface area contributed by atoms with Gasteiger partial charge in [0.05, 0.1) is 6.20 Å². The lowest BCUT2D eigenvalue weighted by Gasteiger charge is -2.34. The monoisotopic (exact) mass is 490 g/mol. The molecule has 5 rings (SSSR count). The van der Waals surface area contributed by atoms with Gasteiger partial charge in [0, 0.05) is 59.6 Å². The van der Waals surface area contributed by atoms with Crippen LogP contribution in [0.25, 0.3) is 16.8 Å². The molecule has 0 amide bonds. The zero-order valence-corrected chi connectivity index (χ0v) is 20.0. The Morgan fingerprint density at radius 1 is 1.03 bits per heavy atom. The van der Waals surface area contributed by atoms with Crippen molar-refractivity contribution in [3.8, 4) is 11.1 Å². The molecule has 32 heavy (non-hydrogen) atoms. The van der Waals surface area contributed by atoms with Crippen molar-refractivity contribution in [1.82, 2.24) is 19.5 Å². The number of nitrogens with two attached hydrogens (primary N) is 1. The fourth-order valence-electron chi connectivity index (χ4n) is 4.37. The average Bonchev–Trinajstić information content (AvgIpc) is 3.21. The number of halogens is 1. The number of piperazine rings is 1. The van der Waals surface area contributed by atoms with Crippen LogP contribution in [-0.2, 0) is 6.42 Å². The number of aromatic nitrogens is 3. The van der Waals surface area contributed by atoms with Gasteiger partial charge in [-0.2, -0.15) is 9.61 Å². The van der Waals surface area contributed by atoms with Crippen LogP contribution in [0.15, 0.2) is 59.2 Å². The minimum absolute atomic E-state index is 0.647. The summed E-state index contributed by atoms with van der Waals surface area (Å²) in [6, 6.07) is 16.9. The third-order valence-corrected chi connectivity index (χ3v) is 6.78. The number of hydrogen-bond donors (Lipinski definition) is 1. The summed E-state index contributed by atoms with van der Waals surface area (Å²) >= 11 is 3.55. The maximum absolute atomic E-state index is 6.59. The van der Waals surface area contributed by atoms with Crippen LogP contribution in [0.5, 0.6) is 0 Å². The molecule has 0 saturated carbocycles. The Hall–Kier alpha value is -2.90. The van der Waals surface area contributed by atoms with Crippen molar-refractivity contribution in [3.05, 3.63) is 76.0 Å². The Morgan fingerprint density at radius 2 is 1.81 bits per heavy atom. The van der Waals surface area contributed by atoms with E-state index in [0.717, 1.165) is 58.7 Å². The van der Waals surface area contributed by atoms with Gasteiger partial charge in [0.15, 0.2) is 5.65 Å². The highest BCUT2D eigenvalue weighted by atomic mass is 79.9. The average molecular weight is 491 g/mol. The number of aryl methyl sites for hydroxylation is 1. The molecule has 1 fully saturated rings. The van der Waals surface area contributed by atoms with E-state index in [1.807, 2.05) is 25.3 Å². The van der Waals surface area contributed by atoms with Gasteiger partial charge in [0.1, 0.15) is 5.82 Å². The maximum atomic E-state index is 6.59. The van der Waals surface area contributed by atoms with Crippen LogP contribution in [0.3, 0.4) is 0 Å². The second-order valence-corrected chi connectivity index (χ2v) is 9.42. The molecule has 0 atom stereocenters. The summed E-state index contributed by atoms with van der Waals surface area (Å²) in [5.41, 5.74) is 13.9. The molecule has 3 heterocycles. The number of likely N-dealkylation sites (N-methyl/N-ethyl adjacent to an activating group) is 1. The molecule has 1 aliphatic heterocycles. The van der Waals surface area contributed by atoms with Crippen molar-refractivity contribution in [3.63, 3.8) is 0 Å². The number of benzene rings is 2. The number of nitrogens with zero attached hydrogens (tertiary/aromatic N) is 5. The van der Waals surface area contributed by atoms with Crippen LogP contribution < -0.4 is 10.6 Å². The predicted octanol–water partition coefficient (Wildman–Crippen LogP) is 4.39. The second kappa shape index (κ2) is 8.56. The third-order valence-electron chi connectivity index (χ3n) is 6.29. The Morgan fingerprint density at radius 3 is 2.59 bits per heavy atom. The minimum Gasteiger partial charge on any atom is -0.383 e. The normalized spacial score (nSPS) is 14.9. The fraction of sp³-hybridized carbons (Fsp3) is 0.280. The molecule has 1 saturated heterocycles. The number of nitrogen functional groups attached to an aromatic ring is 1. The summed E-state index contributed by atoms with van der Waals surface area (Å²) in [5.74, 6) is 0.647. The number of hydrogen-bond acceptors (Lipinski definition) is 5. The van der Waals surface area contributed by atoms with Gasteiger partial charge >= 0.3 is 0 Å². The molecule has 0 unspecified atom stereocenters. The highest BCUT2D eigenvalue weighted by Gasteiger charge is 2.18. The van der Waals surface area contributed by atoms with E-state index in [4.69, 9.17) is 10.7 Å². The molecule has 2 aromatic heterocycles. The van der Waals surface area contributed by atoms with Crippen molar-refractivity contribution in [2.24, 2.45) is 0 Å². The van der Waals surface area contributed by atoms with E-state index in [9.17, 15) is 0 Å². The molecule has 1 aliphatic rings. The molecule has 7 heteroatoms. The lowest BCUT2D eigenvalue weighted by molar-refractivity contribution is 0.313. The first-order valence-electron chi connectivity index (χ1n) is 10.9. The molecular formula is C25H27BrN6. The summed E-state index contributed by atoms with van der Waals surface area (Å²) in [6.45, 7) is 6.27. The van der Waals surface area contributed by atoms with Crippen LogP contribution >= 0.6 is 15.9 Å². The first-order valence-corrected chi connectivity index (χ1v) is 11.7. The van der Waals surface area contributed by atoms with E-state index in [1.54, 1.807) is 4.52 Å². The summed E-state index contributed by atoms with van der Waals surface area (Å²) in [7, 11) is 2.18. The van der Waals surface area contributed by atoms with Gasteiger partial charge in [-0.05, 0) is 49.4 Å². The molecule has 0 radical (unpaired) electrons. The molecule has 6 nitrogen and oxygen atoms in total. The van der Waals surface area contributed by atoms with E-state index >= 15 is 0 Å². The second-order valence-electron chi connectivity index (χ2n) is 8.50. The third kappa shape index (κ3) is 3.98. The Bertz CT molecular complexity index is 1270. The predicted molar refractivity (Wildman–Crippen MR) is 134 cm³/mol. The Labute approximate surface area is 196 Å². The van der Waals surface area contributed by atoms with E-state index < -0.39 is 0 Å². The van der Waals surface area contributed by atoms with Crippen LogP contribution in [-0.4, -0.2) is 52.7 Å². The summed E-state index contributed by atoms with van der Waals surface area (Å²) in [4.78, 5) is 9.74. The van der Waals surface area contributed by atoms with Crippen molar-refractivity contribution >= 4 is 33.1 Å². The molecule has 4 aromatic rings. The zero-order chi connectivity index (χ0) is 22.2. The standard InChI is InChI=1S/C25H27BrN6/c1-17-22(14-18-5-3-7-20(26)13-18)24(27)32-25(29-17)23(16-28-32)19-6-4-8-21(15-19)31-11-9-30(2)10-12-31/h3-8,13,15-16H,9-12,14,27H2,1-2H3. The van der Waals surface area contributed by atoms with Crippen molar-refractivity contribution in [2.45, 2.75) is 13.3 Å². The zero-order valence-electron chi connectivity index (χ0n) is 18.4. The fourth-order valence-corrected chi connectivity index (χ4v) is 4.82. The Kier molecular flexibility index (Phi) is 5.61. The molecule has 0 spiro atoms. The lowest BCUT2D eigenvalue weighted by Crippen LogP contribution is -2.44. The summed E-state index contributed by atoms with van der Waals surface area (Å²) in [5, 5.41) is 4.61. The number of anilines is 2. The van der Waals surface area contributed by atoms with Gasteiger partial charge in [0.25, 0.3) is 0 Å². The minimum atomic E-state index is 0.647. The van der Waals surface area contributed by atoms with Crippen LogP contribution in [0.1, 0.15) is 16.8 Å². The number of fused-ring (bicyclic) bond motifs is 1. The van der Waals surface area contributed by atoms with Gasteiger partial charge in [-0.25, -0.2) is 4.98 Å². The molecule has 2 aromatic carbocycles. The van der Waals surface area contributed by atoms with Crippen LogP contribution in [0.2, 0.25) is 0 Å². The van der Waals surface area contributed by atoms with Gasteiger partial charge in [-0.1, -0.05) is 40.2 Å². The van der Waals surface area contributed by atoms with Crippen molar-refractivity contribution in [2.75, 3.05) is 43.9 Å². The summed E-state index contributed by atoms with van der Waals surface area (Å²) in [6.07, 6.45) is 2.60. The van der Waals surface area contributed by atoms with E-state index in [-0.39, 0.29) is 0 Å². The first-order chi connectivity index (χ1) is 15.5. The van der Waals surface area contributed by atoms with E-state index in [1.165, 1.54) is 11.3 Å². The van der Waals surface area contributed by atoms with Crippen molar-refractivity contribution in [1.29, 1.82) is 0 Å². The topological polar surface area (TPSA) is 62.7 Å². The highest BCUT2D eigenvalue weighted by Crippen LogP contribution is 2.31. The highest BCUT2D eigenvalue weighted by molar-refractivity contribution is 9.10. The quantitative estimate of drug-likeness (QED) is 0.459. The maximum Gasteiger partial charge on any atom is 0.165 e. The van der Waals surface area contributed by atoms with E-state index in [0.29, 0.717) is 12.2 Å². The van der Waals surface area contributed by atoms with Gasteiger partial charge in [-0.3, -0.25) is 0 Å². The largest absolute Gasteiger partial charge is 0.383 e. The lowest BCUT2D eigenvalue weighted by atomic mass is 10.0. The van der Waals surface area contributed by atoms with E-state index in [2.05, 4.69) is 74.3 Å². The molecular weight excluding hydrogens is 464 g/mol. The van der Waals surface area contributed by atoms with Crippen LogP contribution in [0, 0.1) is 6.92 Å². The first kappa shape index (κ1) is 21.0. The number of rotatable bonds is 4. The molecule has 0 aliphatic carbocycles. The molecule has 164 valence electrons. The Balaban J connectivity index is 1.51. The molecule has 2 N–H and O–H groups in total.